The molecule has 210 valence electrons. The Bertz CT molecular complexity index is 1770. The maximum atomic E-state index is 12.8. The summed E-state index contributed by atoms with van der Waals surface area (Å²) in [4.78, 5) is 48.3. The average Bonchev–Trinajstić information content (AvgIpc) is 3.51. The monoisotopic (exact) mass is 560 g/mol. The van der Waals surface area contributed by atoms with Gasteiger partial charge in [-0.05, 0) is 55.5 Å². The number of anilines is 3. The van der Waals surface area contributed by atoms with Crippen LogP contribution in [0.1, 0.15) is 38.0 Å². The molecular weight excluding hydrogens is 532 g/mol. The van der Waals surface area contributed by atoms with E-state index in [0.717, 1.165) is 11.3 Å². The number of nitrogens with one attached hydrogen (secondary N) is 2. The second kappa shape index (κ2) is 11.6. The van der Waals surface area contributed by atoms with Crippen molar-refractivity contribution >= 4 is 40.4 Å². The summed E-state index contributed by atoms with van der Waals surface area (Å²) >= 11 is 0. The Balaban J connectivity index is 1.22. The lowest BCUT2D eigenvalue weighted by Gasteiger charge is -2.26. The van der Waals surface area contributed by atoms with Gasteiger partial charge < -0.3 is 24.7 Å². The first-order valence-electron chi connectivity index (χ1n) is 13.6. The Morgan fingerprint density at radius 1 is 0.857 bits per heavy atom. The number of hydrogen-bond acceptors (Lipinski definition) is 7. The number of ketones is 1. The lowest BCUT2D eigenvalue weighted by Crippen LogP contribution is -2.40. The minimum atomic E-state index is -0.279. The molecular formula is C32H28N6O4. The first-order valence-corrected chi connectivity index (χ1v) is 13.6. The minimum Gasteiger partial charge on any atom is -0.378 e. The van der Waals surface area contributed by atoms with Crippen LogP contribution in [0.4, 0.5) is 17.2 Å². The van der Waals surface area contributed by atoms with Gasteiger partial charge in [0.15, 0.2) is 17.2 Å². The molecule has 2 aromatic heterocycles. The van der Waals surface area contributed by atoms with Gasteiger partial charge in [-0.3, -0.25) is 14.4 Å². The third-order valence-electron chi connectivity index (χ3n) is 7.04. The Hall–Kier alpha value is -5.35. The zero-order valence-electron chi connectivity index (χ0n) is 22.9. The fourth-order valence-electron chi connectivity index (χ4n) is 4.75. The Kier molecular flexibility index (Phi) is 7.44. The van der Waals surface area contributed by atoms with Crippen molar-refractivity contribution in [2.45, 2.75) is 6.92 Å². The number of aromatic nitrogens is 3. The predicted octanol–water partition coefficient (Wildman–Crippen LogP) is 5.07. The van der Waals surface area contributed by atoms with Gasteiger partial charge in [0.25, 0.3) is 11.8 Å². The van der Waals surface area contributed by atoms with Crippen LogP contribution in [0, 0.1) is 0 Å². The molecule has 10 heteroatoms. The van der Waals surface area contributed by atoms with Crippen molar-refractivity contribution < 1.29 is 19.1 Å². The van der Waals surface area contributed by atoms with E-state index in [2.05, 4.69) is 15.6 Å². The standard InChI is InChI=1S/C32H28N6O4/c1-21(39)22-5-7-23(8-6-22)31(40)35-27-4-2-3-25(19-27)28-20-38-14-13-33-30(38)29(36-28)34-26-11-9-24(10-12-26)32(41)37-15-17-42-18-16-37/h2-14,19-20H,15-18H2,1H3,(H,34,36)(H,35,40). The van der Waals surface area contributed by atoms with E-state index >= 15 is 0 Å². The van der Waals surface area contributed by atoms with E-state index in [-0.39, 0.29) is 17.6 Å². The average molecular weight is 561 g/mol. The highest BCUT2D eigenvalue weighted by molar-refractivity contribution is 6.05. The van der Waals surface area contributed by atoms with Crippen LogP contribution in [0.5, 0.6) is 0 Å². The quantitative estimate of drug-likeness (QED) is 0.267. The number of carbonyl (C=O) groups is 3. The van der Waals surface area contributed by atoms with Gasteiger partial charge in [-0.15, -0.1) is 0 Å². The molecule has 0 bridgehead atoms. The van der Waals surface area contributed by atoms with Gasteiger partial charge in [-0.2, -0.15) is 0 Å². The first kappa shape index (κ1) is 26.9. The highest BCUT2D eigenvalue weighted by Crippen LogP contribution is 2.27. The molecule has 0 spiro atoms. The van der Waals surface area contributed by atoms with Crippen molar-refractivity contribution in [3.8, 4) is 11.3 Å². The van der Waals surface area contributed by atoms with Gasteiger partial charge in [0, 0.05) is 65.3 Å². The normalized spacial score (nSPS) is 13.1. The van der Waals surface area contributed by atoms with Gasteiger partial charge in [0.1, 0.15) is 0 Å². The molecule has 10 nitrogen and oxygen atoms in total. The van der Waals surface area contributed by atoms with Crippen LogP contribution in [0.2, 0.25) is 0 Å². The van der Waals surface area contributed by atoms with E-state index < -0.39 is 0 Å². The molecule has 6 rings (SSSR count). The number of hydrogen-bond donors (Lipinski definition) is 2. The number of Topliss-reactive ketones (excluding diaryl/α,β-unsaturated/α-hetero) is 1. The number of fused-ring (bicyclic) bond motifs is 1. The zero-order chi connectivity index (χ0) is 29.1. The second-order valence-electron chi connectivity index (χ2n) is 9.91. The minimum absolute atomic E-state index is 0.0133. The molecule has 1 aliphatic heterocycles. The number of amides is 2. The van der Waals surface area contributed by atoms with Gasteiger partial charge >= 0.3 is 0 Å². The summed E-state index contributed by atoms with van der Waals surface area (Å²) in [6.07, 6.45) is 5.41. The summed E-state index contributed by atoms with van der Waals surface area (Å²) in [5.74, 6) is 0.199. The molecule has 0 unspecified atom stereocenters. The molecule has 1 saturated heterocycles. The molecule has 1 aliphatic rings. The molecule has 3 aromatic carbocycles. The van der Waals surface area contributed by atoms with Gasteiger partial charge in [-0.1, -0.05) is 24.3 Å². The Labute approximate surface area is 242 Å². The Morgan fingerprint density at radius 2 is 1.57 bits per heavy atom. The Morgan fingerprint density at radius 3 is 2.31 bits per heavy atom. The fourth-order valence-corrected chi connectivity index (χ4v) is 4.75. The number of ether oxygens (including phenoxy) is 1. The van der Waals surface area contributed by atoms with E-state index in [1.807, 2.05) is 47.1 Å². The van der Waals surface area contributed by atoms with Crippen LogP contribution in [0.3, 0.4) is 0 Å². The predicted molar refractivity (Wildman–Crippen MR) is 159 cm³/mol. The largest absolute Gasteiger partial charge is 0.378 e. The van der Waals surface area contributed by atoms with Crippen LogP contribution in [-0.4, -0.2) is 63.2 Å². The number of morpholine rings is 1. The van der Waals surface area contributed by atoms with Gasteiger partial charge in [0.2, 0.25) is 0 Å². The van der Waals surface area contributed by atoms with E-state index in [1.165, 1.54) is 6.92 Å². The van der Waals surface area contributed by atoms with Crippen molar-refractivity contribution in [3.63, 3.8) is 0 Å². The maximum absolute atomic E-state index is 12.8. The third-order valence-corrected chi connectivity index (χ3v) is 7.04. The molecule has 3 heterocycles. The molecule has 0 radical (unpaired) electrons. The topological polar surface area (TPSA) is 118 Å². The number of carbonyl (C=O) groups excluding carboxylic acids is 3. The highest BCUT2D eigenvalue weighted by Gasteiger charge is 2.18. The van der Waals surface area contributed by atoms with Gasteiger partial charge in [0.05, 0.1) is 18.9 Å². The summed E-state index contributed by atoms with van der Waals surface area (Å²) < 4.78 is 7.22. The van der Waals surface area contributed by atoms with E-state index in [0.29, 0.717) is 65.8 Å². The zero-order valence-corrected chi connectivity index (χ0v) is 22.9. The van der Waals surface area contributed by atoms with Gasteiger partial charge in [-0.25, -0.2) is 9.97 Å². The van der Waals surface area contributed by atoms with Crippen molar-refractivity contribution in [2.75, 3.05) is 36.9 Å². The number of imidazole rings is 1. The number of benzene rings is 3. The van der Waals surface area contributed by atoms with Crippen LogP contribution < -0.4 is 10.6 Å². The van der Waals surface area contributed by atoms with Crippen molar-refractivity contribution in [1.29, 1.82) is 0 Å². The molecule has 0 atom stereocenters. The molecule has 0 aliphatic carbocycles. The third kappa shape index (κ3) is 5.74. The lowest BCUT2D eigenvalue weighted by molar-refractivity contribution is 0.0303. The van der Waals surface area contributed by atoms with Crippen LogP contribution in [0.15, 0.2) is 91.4 Å². The molecule has 1 fully saturated rings. The van der Waals surface area contributed by atoms with E-state index in [4.69, 9.17) is 9.72 Å². The second-order valence-corrected chi connectivity index (χ2v) is 9.91. The summed E-state index contributed by atoms with van der Waals surface area (Å²) in [7, 11) is 0. The van der Waals surface area contributed by atoms with Crippen molar-refractivity contribution in [2.24, 2.45) is 0 Å². The first-order chi connectivity index (χ1) is 20.4. The van der Waals surface area contributed by atoms with Crippen LogP contribution >= 0.6 is 0 Å². The fraction of sp³-hybridized carbons (Fsp3) is 0.156. The smallest absolute Gasteiger partial charge is 0.255 e. The molecule has 42 heavy (non-hydrogen) atoms. The number of rotatable bonds is 7. The highest BCUT2D eigenvalue weighted by atomic mass is 16.5. The molecule has 0 saturated carbocycles. The van der Waals surface area contributed by atoms with Crippen molar-refractivity contribution in [1.82, 2.24) is 19.3 Å². The molecule has 5 aromatic rings. The summed E-state index contributed by atoms with van der Waals surface area (Å²) in [5.41, 5.74) is 5.10. The lowest BCUT2D eigenvalue weighted by atomic mass is 10.1. The molecule has 2 N–H and O–H groups in total. The van der Waals surface area contributed by atoms with Crippen LogP contribution in [-0.2, 0) is 4.74 Å². The van der Waals surface area contributed by atoms with E-state index in [9.17, 15) is 14.4 Å². The summed E-state index contributed by atoms with van der Waals surface area (Å²) in [6, 6.07) is 21.3. The van der Waals surface area contributed by atoms with Crippen molar-refractivity contribution in [3.05, 3.63) is 108 Å². The summed E-state index contributed by atoms with van der Waals surface area (Å²) in [6.45, 7) is 3.78. The molecule has 2 amide bonds. The maximum Gasteiger partial charge on any atom is 0.255 e. The van der Waals surface area contributed by atoms with Crippen LogP contribution in [0.25, 0.3) is 16.9 Å². The van der Waals surface area contributed by atoms with E-state index in [1.54, 1.807) is 53.6 Å². The summed E-state index contributed by atoms with van der Waals surface area (Å²) in [5, 5.41) is 6.25. The number of nitrogens with zero attached hydrogens (tertiary/aromatic N) is 4. The SMILES string of the molecule is CC(=O)c1ccc(C(=O)Nc2cccc(-c3cn4ccnc4c(Nc4ccc(C(=O)N5CCOCC5)cc4)n3)c2)cc1.